The highest BCUT2D eigenvalue weighted by atomic mass is 16.1. The Morgan fingerprint density at radius 2 is 1.77 bits per heavy atom. The summed E-state index contributed by atoms with van der Waals surface area (Å²) in [4.78, 5) is 30.5. The summed E-state index contributed by atoms with van der Waals surface area (Å²) in [5, 5.41) is 3.09. The summed E-state index contributed by atoms with van der Waals surface area (Å²) in [6.07, 6.45) is 3.53. The van der Waals surface area contributed by atoms with Crippen LogP contribution in [0.3, 0.4) is 0 Å². The van der Waals surface area contributed by atoms with Gasteiger partial charge in [0.05, 0.1) is 5.69 Å². The number of pyridine rings is 1. The van der Waals surface area contributed by atoms with Crippen molar-refractivity contribution in [2.24, 2.45) is 5.92 Å². The van der Waals surface area contributed by atoms with E-state index in [4.69, 9.17) is 0 Å². The van der Waals surface area contributed by atoms with Gasteiger partial charge in [0, 0.05) is 48.9 Å². The minimum absolute atomic E-state index is 0.0464. The molecule has 0 radical (unpaired) electrons. The molecule has 1 aromatic heterocycles. The molecule has 1 aromatic carbocycles. The normalized spacial score (nSPS) is 25.0. The van der Waals surface area contributed by atoms with E-state index in [1.165, 1.54) is 12.8 Å². The van der Waals surface area contributed by atoms with E-state index in [-0.39, 0.29) is 17.4 Å². The van der Waals surface area contributed by atoms with Gasteiger partial charge < -0.3 is 14.8 Å². The van der Waals surface area contributed by atoms with Crippen LogP contribution < -0.4 is 10.9 Å². The molecular formula is C24H30N4O2. The molecule has 3 aliphatic heterocycles. The third kappa shape index (κ3) is 3.70. The zero-order chi connectivity index (χ0) is 20.7. The van der Waals surface area contributed by atoms with E-state index >= 15 is 0 Å². The highest BCUT2D eigenvalue weighted by Gasteiger charge is 2.39. The molecule has 4 heterocycles. The average Bonchev–Trinajstić information content (AvgIpc) is 2.76. The molecule has 0 saturated carbocycles. The molecule has 6 heteroatoms. The SMILES string of the molecule is CN1CCC(N2CC3CC(C2)c2c(NC(=O)c4ccccc4)ccc(=O)n2C3)CC1. The van der Waals surface area contributed by atoms with Crippen LogP contribution in [0.25, 0.3) is 0 Å². The van der Waals surface area contributed by atoms with E-state index in [9.17, 15) is 9.59 Å². The molecule has 6 nitrogen and oxygen atoms in total. The average molecular weight is 407 g/mol. The van der Waals surface area contributed by atoms with Crippen LogP contribution in [0, 0.1) is 5.92 Å². The molecule has 2 atom stereocenters. The van der Waals surface area contributed by atoms with Crippen molar-refractivity contribution in [3.63, 3.8) is 0 Å². The van der Waals surface area contributed by atoms with Gasteiger partial charge in [-0.1, -0.05) is 18.2 Å². The summed E-state index contributed by atoms with van der Waals surface area (Å²) in [5.74, 6) is 0.674. The maximum Gasteiger partial charge on any atom is 0.255 e. The van der Waals surface area contributed by atoms with Crippen molar-refractivity contribution in [1.82, 2.24) is 14.4 Å². The number of piperidine rings is 2. The first-order chi connectivity index (χ1) is 14.6. The lowest BCUT2D eigenvalue weighted by Crippen LogP contribution is -2.53. The van der Waals surface area contributed by atoms with Crippen molar-refractivity contribution < 1.29 is 4.79 Å². The fourth-order valence-electron chi connectivity index (χ4n) is 5.60. The Bertz CT molecular complexity index is 978. The first-order valence-electron chi connectivity index (χ1n) is 11.1. The molecule has 30 heavy (non-hydrogen) atoms. The number of benzene rings is 1. The molecule has 0 aliphatic carbocycles. The summed E-state index contributed by atoms with van der Waals surface area (Å²) in [6, 6.07) is 13.3. The van der Waals surface area contributed by atoms with Gasteiger partial charge in [-0.2, -0.15) is 0 Å². The predicted molar refractivity (Wildman–Crippen MR) is 118 cm³/mol. The zero-order valence-electron chi connectivity index (χ0n) is 17.6. The number of carbonyl (C=O) groups is 1. The number of hydrogen-bond acceptors (Lipinski definition) is 4. The Hall–Kier alpha value is -2.44. The number of nitrogens with zero attached hydrogens (tertiary/aromatic N) is 3. The lowest BCUT2D eigenvalue weighted by Gasteiger charge is -2.47. The third-order valence-corrected chi connectivity index (χ3v) is 7.11. The Balaban J connectivity index is 1.42. The number of fused-ring (bicyclic) bond motifs is 4. The molecular weight excluding hydrogens is 376 g/mol. The highest BCUT2D eigenvalue weighted by molar-refractivity contribution is 6.04. The zero-order valence-corrected chi connectivity index (χ0v) is 17.6. The van der Waals surface area contributed by atoms with E-state index < -0.39 is 0 Å². The summed E-state index contributed by atoms with van der Waals surface area (Å²) in [7, 11) is 2.20. The number of carbonyl (C=O) groups excluding carboxylic acids is 1. The maximum absolute atomic E-state index is 12.8. The molecule has 2 bridgehead atoms. The van der Waals surface area contributed by atoms with Crippen LogP contribution in [0.5, 0.6) is 0 Å². The van der Waals surface area contributed by atoms with Gasteiger partial charge in [0.1, 0.15) is 0 Å². The smallest absolute Gasteiger partial charge is 0.255 e. The number of likely N-dealkylation sites (tertiary alicyclic amines) is 2. The van der Waals surface area contributed by atoms with Crippen molar-refractivity contribution in [3.05, 3.63) is 64.1 Å². The van der Waals surface area contributed by atoms with Gasteiger partial charge in [-0.25, -0.2) is 0 Å². The van der Waals surface area contributed by atoms with Crippen LogP contribution in [0.2, 0.25) is 0 Å². The van der Waals surface area contributed by atoms with E-state index in [1.54, 1.807) is 12.1 Å². The Morgan fingerprint density at radius 1 is 1.00 bits per heavy atom. The second-order valence-electron chi connectivity index (χ2n) is 9.19. The first-order valence-corrected chi connectivity index (χ1v) is 11.1. The second kappa shape index (κ2) is 8.00. The first kappa shape index (κ1) is 19.5. The van der Waals surface area contributed by atoms with E-state index in [0.29, 0.717) is 17.5 Å². The van der Waals surface area contributed by atoms with Crippen LogP contribution >= 0.6 is 0 Å². The summed E-state index contributed by atoms with van der Waals surface area (Å²) < 4.78 is 1.92. The largest absolute Gasteiger partial charge is 0.320 e. The third-order valence-electron chi connectivity index (χ3n) is 7.11. The van der Waals surface area contributed by atoms with Gasteiger partial charge in [-0.15, -0.1) is 0 Å². The minimum atomic E-state index is -0.123. The number of hydrogen-bond donors (Lipinski definition) is 1. The molecule has 2 aromatic rings. The van der Waals surface area contributed by atoms with E-state index in [0.717, 1.165) is 50.5 Å². The number of nitrogens with one attached hydrogen (secondary N) is 1. The number of aromatic nitrogens is 1. The van der Waals surface area contributed by atoms with Crippen LogP contribution in [-0.4, -0.2) is 59.5 Å². The van der Waals surface area contributed by atoms with Crippen LogP contribution in [0.4, 0.5) is 5.69 Å². The molecule has 1 N–H and O–H groups in total. The van der Waals surface area contributed by atoms with Gasteiger partial charge >= 0.3 is 0 Å². The van der Waals surface area contributed by atoms with Crippen molar-refractivity contribution in [2.45, 2.75) is 37.8 Å². The summed E-state index contributed by atoms with van der Waals surface area (Å²) >= 11 is 0. The number of anilines is 1. The molecule has 3 aliphatic rings. The fraction of sp³-hybridized carbons (Fsp3) is 0.500. The molecule has 5 rings (SSSR count). The maximum atomic E-state index is 12.8. The van der Waals surface area contributed by atoms with Gasteiger partial charge in [-0.3, -0.25) is 14.5 Å². The van der Waals surface area contributed by atoms with Crippen molar-refractivity contribution in [1.29, 1.82) is 0 Å². The molecule has 158 valence electrons. The Morgan fingerprint density at radius 3 is 2.53 bits per heavy atom. The lowest BCUT2D eigenvalue weighted by atomic mass is 9.81. The van der Waals surface area contributed by atoms with Crippen molar-refractivity contribution in [2.75, 3.05) is 38.5 Å². The molecule has 2 unspecified atom stereocenters. The Kier molecular flexibility index (Phi) is 5.21. The summed E-state index contributed by atoms with van der Waals surface area (Å²) in [5.41, 5.74) is 2.48. The van der Waals surface area contributed by atoms with Gasteiger partial charge in [-0.05, 0) is 63.5 Å². The van der Waals surface area contributed by atoms with Crippen LogP contribution in [0.15, 0.2) is 47.3 Å². The fourth-order valence-corrected chi connectivity index (χ4v) is 5.60. The van der Waals surface area contributed by atoms with E-state index in [1.807, 2.05) is 34.9 Å². The second-order valence-corrected chi connectivity index (χ2v) is 9.19. The number of rotatable bonds is 3. The molecule has 2 fully saturated rings. The molecule has 2 saturated heterocycles. The van der Waals surface area contributed by atoms with E-state index in [2.05, 4.69) is 22.2 Å². The van der Waals surface area contributed by atoms with Gasteiger partial charge in [0.25, 0.3) is 11.5 Å². The highest BCUT2D eigenvalue weighted by Crippen LogP contribution is 2.40. The Labute approximate surface area is 177 Å². The molecule has 1 amide bonds. The quantitative estimate of drug-likeness (QED) is 0.851. The summed E-state index contributed by atoms with van der Waals surface area (Å²) in [6.45, 7) is 5.12. The number of amides is 1. The monoisotopic (exact) mass is 406 g/mol. The lowest BCUT2D eigenvalue weighted by molar-refractivity contribution is 0.0519. The van der Waals surface area contributed by atoms with Crippen molar-refractivity contribution >= 4 is 11.6 Å². The standard InChI is InChI=1S/C24H30N4O2/c1-26-11-9-20(10-12-26)27-14-17-13-19(16-27)23-21(7-8-22(29)28(23)15-17)25-24(30)18-5-3-2-4-6-18/h2-8,17,19-20H,9-16H2,1H3,(H,25,30). The van der Waals surface area contributed by atoms with Crippen LogP contribution in [0.1, 0.15) is 41.2 Å². The van der Waals surface area contributed by atoms with Crippen molar-refractivity contribution in [3.8, 4) is 0 Å². The molecule has 0 spiro atoms. The topological polar surface area (TPSA) is 57.6 Å². The van der Waals surface area contributed by atoms with Crippen LogP contribution in [-0.2, 0) is 6.54 Å². The minimum Gasteiger partial charge on any atom is -0.320 e. The van der Waals surface area contributed by atoms with Gasteiger partial charge in [0.15, 0.2) is 0 Å². The predicted octanol–water partition coefficient (Wildman–Crippen LogP) is 2.61. The van der Waals surface area contributed by atoms with Gasteiger partial charge in [0.2, 0.25) is 0 Å².